The van der Waals surface area contributed by atoms with Crippen molar-refractivity contribution in [2.45, 2.75) is 13.0 Å². The van der Waals surface area contributed by atoms with Gasteiger partial charge in [-0.25, -0.2) is 0 Å². The topological polar surface area (TPSA) is 34.0 Å². The van der Waals surface area contributed by atoms with Crippen molar-refractivity contribution in [1.82, 2.24) is 9.88 Å². The maximum atomic E-state index is 11.5. The van der Waals surface area contributed by atoms with Crippen LogP contribution in [0.3, 0.4) is 0 Å². The van der Waals surface area contributed by atoms with Crippen LogP contribution in [0.1, 0.15) is 4.88 Å². The largest absolute Gasteiger partial charge is 0.354 e. The van der Waals surface area contributed by atoms with Crippen LogP contribution in [0, 0.1) is 0 Å². The van der Waals surface area contributed by atoms with Gasteiger partial charge in [0.2, 0.25) is 5.91 Å². The van der Waals surface area contributed by atoms with Gasteiger partial charge in [-0.3, -0.25) is 4.79 Å². The molecule has 0 unspecified atom stereocenters. The number of rotatable bonds is 5. The average molecular weight is 234 g/mol. The van der Waals surface area contributed by atoms with E-state index in [-0.39, 0.29) is 5.91 Å². The first-order valence-electron chi connectivity index (χ1n) is 5.24. The Morgan fingerprint density at radius 2 is 2.12 bits per heavy atom. The average Bonchev–Trinajstić information content (AvgIpc) is 2.90. The molecule has 0 saturated carbocycles. The second kappa shape index (κ2) is 5.51. The fourth-order valence-electron chi connectivity index (χ4n) is 1.48. The highest BCUT2D eigenvalue weighted by Crippen LogP contribution is 2.07. The van der Waals surface area contributed by atoms with Gasteiger partial charge in [-0.15, -0.1) is 11.3 Å². The summed E-state index contributed by atoms with van der Waals surface area (Å²) in [5.74, 6) is 0.0627. The van der Waals surface area contributed by atoms with Crippen LogP contribution in [0.4, 0.5) is 0 Å². The van der Waals surface area contributed by atoms with Crippen molar-refractivity contribution in [2.24, 2.45) is 0 Å². The molecule has 0 atom stereocenters. The summed E-state index contributed by atoms with van der Waals surface area (Å²) in [5.41, 5.74) is 0. The van der Waals surface area contributed by atoms with Crippen molar-refractivity contribution >= 4 is 17.2 Å². The molecule has 84 valence electrons. The maximum Gasteiger partial charge on any atom is 0.239 e. The van der Waals surface area contributed by atoms with Crippen molar-refractivity contribution in [1.29, 1.82) is 0 Å². The van der Waals surface area contributed by atoms with Gasteiger partial charge in [0.05, 0.1) is 0 Å². The molecule has 0 fully saturated rings. The molecule has 0 radical (unpaired) electrons. The molecule has 0 aromatic carbocycles. The molecule has 2 heterocycles. The number of aromatic nitrogens is 1. The Morgan fingerprint density at radius 3 is 2.81 bits per heavy atom. The lowest BCUT2D eigenvalue weighted by molar-refractivity contribution is -0.121. The molecule has 0 saturated heterocycles. The van der Waals surface area contributed by atoms with Crippen molar-refractivity contribution in [3.63, 3.8) is 0 Å². The second-order valence-corrected chi connectivity index (χ2v) is 4.57. The molecule has 2 rings (SSSR count). The maximum absolute atomic E-state index is 11.5. The van der Waals surface area contributed by atoms with Crippen molar-refractivity contribution in [3.05, 3.63) is 46.9 Å². The molecule has 1 amide bonds. The molecule has 3 nitrogen and oxygen atoms in total. The van der Waals surface area contributed by atoms with Gasteiger partial charge in [-0.05, 0) is 30.0 Å². The van der Waals surface area contributed by atoms with Gasteiger partial charge >= 0.3 is 0 Å². The second-order valence-electron chi connectivity index (χ2n) is 3.53. The Balaban J connectivity index is 1.68. The number of nitrogens with zero attached hydrogens (tertiary/aromatic N) is 1. The first-order valence-corrected chi connectivity index (χ1v) is 6.12. The van der Waals surface area contributed by atoms with E-state index in [0.29, 0.717) is 13.1 Å². The van der Waals surface area contributed by atoms with E-state index in [1.807, 2.05) is 35.2 Å². The molecule has 1 N–H and O–H groups in total. The lowest BCUT2D eigenvalue weighted by Gasteiger charge is -2.04. The molecule has 2 aromatic heterocycles. The van der Waals surface area contributed by atoms with Crippen LogP contribution in [-0.4, -0.2) is 17.0 Å². The minimum absolute atomic E-state index is 0.0627. The van der Waals surface area contributed by atoms with Gasteiger partial charge < -0.3 is 9.88 Å². The normalized spacial score (nSPS) is 10.2. The Labute approximate surface area is 98.7 Å². The summed E-state index contributed by atoms with van der Waals surface area (Å²) in [6.07, 6.45) is 4.69. The van der Waals surface area contributed by atoms with E-state index in [1.165, 1.54) is 4.88 Å². The predicted molar refractivity (Wildman–Crippen MR) is 65.5 cm³/mol. The fraction of sp³-hybridized carbons (Fsp3) is 0.250. The molecule has 4 heteroatoms. The summed E-state index contributed by atoms with van der Waals surface area (Å²) in [6, 6.07) is 7.95. The molecule has 0 aliphatic rings. The monoisotopic (exact) mass is 234 g/mol. The van der Waals surface area contributed by atoms with Crippen molar-refractivity contribution in [3.8, 4) is 0 Å². The zero-order chi connectivity index (χ0) is 11.2. The number of nitrogens with one attached hydrogen (secondary N) is 1. The summed E-state index contributed by atoms with van der Waals surface area (Å²) < 4.78 is 1.86. The van der Waals surface area contributed by atoms with Crippen LogP contribution >= 0.6 is 11.3 Å². The zero-order valence-corrected chi connectivity index (χ0v) is 9.74. The molecular weight excluding hydrogens is 220 g/mol. The summed E-state index contributed by atoms with van der Waals surface area (Å²) in [7, 11) is 0. The SMILES string of the molecule is O=C(Cn1cccc1)NCCc1cccs1. The number of carbonyl (C=O) groups excluding carboxylic acids is 1. The van der Waals surface area contributed by atoms with Crippen LogP contribution in [-0.2, 0) is 17.8 Å². The summed E-state index contributed by atoms with van der Waals surface area (Å²) in [4.78, 5) is 12.8. The molecule has 16 heavy (non-hydrogen) atoms. The number of amides is 1. The predicted octanol–water partition coefficient (Wildman–Crippen LogP) is 1.91. The third-order valence-electron chi connectivity index (χ3n) is 2.27. The Morgan fingerprint density at radius 1 is 1.31 bits per heavy atom. The molecule has 0 spiro atoms. The van der Waals surface area contributed by atoms with E-state index in [1.54, 1.807) is 11.3 Å². The molecule has 0 aliphatic heterocycles. The van der Waals surface area contributed by atoms with Gasteiger partial charge in [0.15, 0.2) is 0 Å². The Kier molecular flexibility index (Phi) is 3.77. The Hall–Kier alpha value is -1.55. The Bertz CT molecular complexity index is 420. The minimum Gasteiger partial charge on any atom is -0.354 e. The van der Waals surface area contributed by atoms with Crippen LogP contribution in [0.25, 0.3) is 0 Å². The van der Waals surface area contributed by atoms with Crippen LogP contribution in [0.15, 0.2) is 42.0 Å². The van der Waals surface area contributed by atoms with Gasteiger partial charge in [0, 0.05) is 23.8 Å². The third-order valence-corrected chi connectivity index (χ3v) is 3.20. The van der Waals surface area contributed by atoms with Gasteiger partial charge in [0.25, 0.3) is 0 Å². The van der Waals surface area contributed by atoms with E-state index < -0.39 is 0 Å². The van der Waals surface area contributed by atoms with E-state index in [2.05, 4.69) is 16.8 Å². The molecular formula is C12H14N2OS. The van der Waals surface area contributed by atoms with E-state index in [4.69, 9.17) is 0 Å². The van der Waals surface area contributed by atoms with Crippen LogP contribution in [0.5, 0.6) is 0 Å². The molecule has 0 bridgehead atoms. The molecule has 2 aromatic rings. The number of hydrogen-bond acceptors (Lipinski definition) is 2. The van der Waals surface area contributed by atoms with Gasteiger partial charge in [-0.2, -0.15) is 0 Å². The zero-order valence-electron chi connectivity index (χ0n) is 8.93. The standard InChI is InChI=1S/C12H14N2OS/c15-12(10-14-7-1-2-8-14)13-6-5-11-4-3-9-16-11/h1-4,7-9H,5-6,10H2,(H,13,15). The third kappa shape index (κ3) is 3.24. The van der Waals surface area contributed by atoms with Crippen molar-refractivity contribution < 1.29 is 4.79 Å². The van der Waals surface area contributed by atoms with E-state index >= 15 is 0 Å². The quantitative estimate of drug-likeness (QED) is 0.842. The lowest BCUT2D eigenvalue weighted by Crippen LogP contribution is -2.28. The van der Waals surface area contributed by atoms with E-state index in [9.17, 15) is 4.79 Å². The number of thiophene rings is 1. The highest BCUT2D eigenvalue weighted by molar-refractivity contribution is 7.09. The van der Waals surface area contributed by atoms with Crippen LogP contribution in [0.2, 0.25) is 0 Å². The van der Waals surface area contributed by atoms with E-state index in [0.717, 1.165) is 6.42 Å². The summed E-state index contributed by atoms with van der Waals surface area (Å²) >= 11 is 1.72. The lowest BCUT2D eigenvalue weighted by atomic mass is 10.3. The number of carbonyl (C=O) groups is 1. The first kappa shape index (κ1) is 11.0. The van der Waals surface area contributed by atoms with Gasteiger partial charge in [0.1, 0.15) is 6.54 Å². The minimum atomic E-state index is 0.0627. The first-order chi connectivity index (χ1) is 7.84. The highest BCUT2D eigenvalue weighted by atomic mass is 32.1. The summed E-state index contributed by atoms with van der Waals surface area (Å²) in [6.45, 7) is 1.11. The number of hydrogen-bond donors (Lipinski definition) is 1. The van der Waals surface area contributed by atoms with Crippen LogP contribution < -0.4 is 5.32 Å². The fourth-order valence-corrected chi connectivity index (χ4v) is 2.19. The smallest absolute Gasteiger partial charge is 0.239 e. The highest BCUT2D eigenvalue weighted by Gasteiger charge is 2.01. The van der Waals surface area contributed by atoms with Crippen molar-refractivity contribution in [2.75, 3.05) is 6.54 Å². The summed E-state index contributed by atoms with van der Waals surface area (Å²) in [5, 5.41) is 4.96. The molecule has 0 aliphatic carbocycles. The van der Waals surface area contributed by atoms with Gasteiger partial charge in [-0.1, -0.05) is 6.07 Å².